The molecule has 0 fully saturated rings. The third-order valence-electron chi connectivity index (χ3n) is 1.99. The van der Waals surface area contributed by atoms with Crippen LogP contribution in [0.3, 0.4) is 0 Å². The molecule has 1 rings (SSSR count). The van der Waals surface area contributed by atoms with Crippen molar-refractivity contribution in [3.8, 4) is 0 Å². The number of hydrazine groups is 1. The SMILES string of the molecule is NNC(=O)[C@]1(F)C=C(F)C=C[C@@H]1C(=O)O. The Balaban J connectivity index is 3.16. The number of hydrogen-bond acceptors (Lipinski definition) is 3. The van der Waals surface area contributed by atoms with Crippen molar-refractivity contribution in [1.82, 2.24) is 5.43 Å². The Morgan fingerprint density at radius 1 is 1.60 bits per heavy atom. The van der Waals surface area contributed by atoms with Gasteiger partial charge in [0.1, 0.15) is 11.7 Å². The van der Waals surface area contributed by atoms with E-state index in [9.17, 15) is 18.4 Å². The Morgan fingerprint density at radius 3 is 2.67 bits per heavy atom. The predicted molar refractivity (Wildman–Crippen MR) is 45.6 cm³/mol. The fourth-order valence-electron chi connectivity index (χ4n) is 1.25. The van der Waals surface area contributed by atoms with Gasteiger partial charge >= 0.3 is 5.97 Å². The lowest BCUT2D eigenvalue weighted by Gasteiger charge is -2.26. The molecule has 82 valence electrons. The zero-order valence-corrected chi connectivity index (χ0v) is 7.41. The zero-order chi connectivity index (χ0) is 11.6. The van der Waals surface area contributed by atoms with E-state index in [-0.39, 0.29) is 6.08 Å². The van der Waals surface area contributed by atoms with E-state index in [1.54, 1.807) is 0 Å². The Hall–Kier alpha value is -1.76. The highest BCUT2D eigenvalue weighted by molar-refractivity contribution is 5.94. The number of allylic oxidation sites excluding steroid dienone is 2. The van der Waals surface area contributed by atoms with Crippen molar-refractivity contribution in [2.75, 3.05) is 0 Å². The minimum Gasteiger partial charge on any atom is -0.481 e. The summed E-state index contributed by atoms with van der Waals surface area (Å²) in [6, 6.07) is 0. The lowest BCUT2D eigenvalue weighted by atomic mass is 9.84. The Kier molecular flexibility index (Phi) is 2.85. The number of aliphatic carboxylic acids is 1. The summed E-state index contributed by atoms with van der Waals surface area (Å²) in [6.45, 7) is 0. The molecule has 1 aliphatic carbocycles. The molecule has 1 aliphatic rings. The summed E-state index contributed by atoms with van der Waals surface area (Å²) in [5.41, 5.74) is -1.54. The highest BCUT2D eigenvalue weighted by Crippen LogP contribution is 2.32. The summed E-state index contributed by atoms with van der Waals surface area (Å²) in [4.78, 5) is 21.7. The number of carbonyl (C=O) groups excluding carboxylic acids is 1. The number of nitrogens with two attached hydrogens (primary N) is 1. The zero-order valence-electron chi connectivity index (χ0n) is 7.41. The molecule has 2 atom stereocenters. The molecule has 0 spiro atoms. The van der Waals surface area contributed by atoms with Crippen LogP contribution in [0.25, 0.3) is 0 Å². The van der Waals surface area contributed by atoms with Gasteiger partial charge in [0.2, 0.25) is 5.67 Å². The number of carboxylic acids is 1. The average molecular weight is 218 g/mol. The second-order valence-electron chi connectivity index (χ2n) is 2.95. The van der Waals surface area contributed by atoms with Crippen molar-refractivity contribution < 1.29 is 23.5 Å². The molecule has 0 aromatic rings. The van der Waals surface area contributed by atoms with Gasteiger partial charge in [-0.05, 0) is 12.2 Å². The van der Waals surface area contributed by atoms with Crippen LogP contribution in [0.2, 0.25) is 0 Å². The highest BCUT2D eigenvalue weighted by atomic mass is 19.1. The number of hydrogen-bond donors (Lipinski definition) is 3. The smallest absolute Gasteiger partial charge is 0.314 e. The van der Waals surface area contributed by atoms with E-state index in [1.165, 1.54) is 5.43 Å². The molecule has 5 nitrogen and oxygen atoms in total. The monoisotopic (exact) mass is 218 g/mol. The third kappa shape index (κ3) is 1.86. The van der Waals surface area contributed by atoms with E-state index >= 15 is 0 Å². The van der Waals surface area contributed by atoms with Crippen molar-refractivity contribution in [2.45, 2.75) is 5.67 Å². The quantitative estimate of drug-likeness (QED) is 0.340. The summed E-state index contributed by atoms with van der Waals surface area (Å²) in [7, 11) is 0. The molecule has 0 bridgehead atoms. The Morgan fingerprint density at radius 2 is 2.20 bits per heavy atom. The molecule has 15 heavy (non-hydrogen) atoms. The second-order valence-corrected chi connectivity index (χ2v) is 2.95. The molecule has 7 heteroatoms. The summed E-state index contributed by atoms with van der Waals surface area (Å²) in [6.07, 6.45) is 1.82. The first kappa shape index (κ1) is 11.3. The van der Waals surface area contributed by atoms with E-state index in [4.69, 9.17) is 5.11 Å². The number of rotatable bonds is 2. The molecule has 0 saturated heterocycles. The van der Waals surface area contributed by atoms with E-state index in [0.29, 0.717) is 0 Å². The van der Waals surface area contributed by atoms with E-state index in [2.05, 4.69) is 5.84 Å². The second kappa shape index (κ2) is 3.77. The minimum atomic E-state index is -3.00. The molecule has 0 radical (unpaired) electrons. The van der Waals surface area contributed by atoms with Crippen LogP contribution in [0.1, 0.15) is 0 Å². The van der Waals surface area contributed by atoms with Gasteiger partial charge in [0, 0.05) is 0 Å². The van der Waals surface area contributed by atoms with Crippen LogP contribution < -0.4 is 11.3 Å². The van der Waals surface area contributed by atoms with Gasteiger partial charge in [-0.1, -0.05) is 6.08 Å². The van der Waals surface area contributed by atoms with Crippen LogP contribution in [0.4, 0.5) is 8.78 Å². The number of halogens is 2. The molecule has 0 saturated carbocycles. The van der Waals surface area contributed by atoms with Gasteiger partial charge in [-0.3, -0.25) is 15.0 Å². The van der Waals surface area contributed by atoms with Crippen molar-refractivity contribution in [3.05, 3.63) is 24.1 Å². The molecule has 4 N–H and O–H groups in total. The first-order valence-electron chi connectivity index (χ1n) is 3.91. The van der Waals surface area contributed by atoms with E-state index in [0.717, 1.165) is 12.2 Å². The van der Waals surface area contributed by atoms with Gasteiger partial charge in [-0.25, -0.2) is 14.6 Å². The van der Waals surface area contributed by atoms with Gasteiger partial charge in [0.25, 0.3) is 5.91 Å². The van der Waals surface area contributed by atoms with Gasteiger partial charge in [0.15, 0.2) is 0 Å². The van der Waals surface area contributed by atoms with E-state index < -0.39 is 29.3 Å². The Bertz CT molecular complexity index is 367. The van der Waals surface area contributed by atoms with Crippen LogP contribution >= 0.6 is 0 Å². The number of carbonyl (C=O) groups is 2. The minimum absolute atomic E-state index is 0.286. The molecule has 0 unspecified atom stereocenters. The molecule has 0 aliphatic heterocycles. The average Bonchev–Trinajstić information content (AvgIpc) is 2.15. The number of amides is 1. The van der Waals surface area contributed by atoms with Crippen molar-refractivity contribution in [3.63, 3.8) is 0 Å². The number of carboxylic acid groups (broad SMARTS) is 1. The maximum Gasteiger partial charge on any atom is 0.314 e. The van der Waals surface area contributed by atoms with Crippen LogP contribution in [0.5, 0.6) is 0 Å². The molecular weight excluding hydrogens is 210 g/mol. The summed E-state index contributed by atoms with van der Waals surface area (Å²) < 4.78 is 26.6. The van der Waals surface area contributed by atoms with Crippen LogP contribution in [-0.2, 0) is 9.59 Å². The van der Waals surface area contributed by atoms with Gasteiger partial charge in [-0.15, -0.1) is 0 Å². The topological polar surface area (TPSA) is 92.4 Å². The van der Waals surface area contributed by atoms with Crippen molar-refractivity contribution in [1.29, 1.82) is 0 Å². The van der Waals surface area contributed by atoms with Crippen LogP contribution in [0, 0.1) is 5.92 Å². The first-order valence-corrected chi connectivity index (χ1v) is 3.91. The normalized spacial score (nSPS) is 29.5. The van der Waals surface area contributed by atoms with Crippen molar-refractivity contribution in [2.24, 2.45) is 11.8 Å². The third-order valence-corrected chi connectivity index (χ3v) is 1.99. The maximum atomic E-state index is 13.9. The summed E-state index contributed by atoms with van der Waals surface area (Å²) >= 11 is 0. The number of alkyl halides is 1. The van der Waals surface area contributed by atoms with Crippen LogP contribution in [-0.4, -0.2) is 22.7 Å². The van der Waals surface area contributed by atoms with Gasteiger partial charge in [-0.2, -0.15) is 0 Å². The highest BCUT2D eigenvalue weighted by Gasteiger charge is 2.49. The van der Waals surface area contributed by atoms with Crippen LogP contribution in [0.15, 0.2) is 24.1 Å². The summed E-state index contributed by atoms with van der Waals surface area (Å²) in [5, 5.41) is 8.64. The fourth-order valence-corrected chi connectivity index (χ4v) is 1.25. The van der Waals surface area contributed by atoms with Crippen molar-refractivity contribution >= 4 is 11.9 Å². The molecule has 0 aromatic carbocycles. The lowest BCUT2D eigenvalue weighted by Crippen LogP contribution is -2.52. The first-order chi connectivity index (χ1) is 6.91. The summed E-state index contributed by atoms with van der Waals surface area (Å²) in [5.74, 6) is -1.12. The molecular formula is C8H8F2N2O3. The predicted octanol–water partition coefficient (Wildman–Crippen LogP) is -0.191. The molecule has 0 heterocycles. The largest absolute Gasteiger partial charge is 0.481 e. The van der Waals surface area contributed by atoms with Gasteiger partial charge < -0.3 is 5.11 Å². The van der Waals surface area contributed by atoms with Gasteiger partial charge in [0.05, 0.1) is 0 Å². The lowest BCUT2D eigenvalue weighted by molar-refractivity contribution is -0.149. The fraction of sp³-hybridized carbons (Fsp3) is 0.250. The van der Waals surface area contributed by atoms with E-state index in [1.807, 2.05) is 0 Å². The Labute approximate surface area is 83.2 Å². The standard InChI is InChI=1S/C8H8F2N2O3/c9-4-1-2-5(6(13)14)8(10,3-4)7(15)12-11/h1-3,5H,11H2,(H,12,15)(H,13,14)/t5-,8+/m1/s1. The maximum absolute atomic E-state index is 13.9. The number of nitrogens with one attached hydrogen (secondary N) is 1. The molecule has 1 amide bonds. The molecule has 0 aromatic heterocycles.